The van der Waals surface area contributed by atoms with Gasteiger partial charge < -0.3 is 15.4 Å². The molecule has 1 heterocycles. The molecule has 0 unspecified atom stereocenters. The molecule has 0 fully saturated rings. The highest BCUT2D eigenvalue weighted by atomic mass is 19.1. The topological polar surface area (TPSA) is 63.2 Å². The average molecular weight is 393 g/mol. The number of hydrogen-bond donors (Lipinski definition) is 2. The van der Waals surface area contributed by atoms with Crippen LogP contribution in [-0.4, -0.2) is 23.5 Å². The second-order valence-corrected chi connectivity index (χ2v) is 6.85. The van der Waals surface area contributed by atoms with Gasteiger partial charge in [-0.1, -0.05) is 24.3 Å². The molecule has 0 spiro atoms. The minimum absolute atomic E-state index is 0.0619. The van der Waals surface area contributed by atoms with Gasteiger partial charge in [0.2, 0.25) is 0 Å². The van der Waals surface area contributed by atoms with Gasteiger partial charge in [-0.05, 0) is 62.2 Å². The number of aromatic nitrogens is 1. The van der Waals surface area contributed by atoms with E-state index in [1.54, 1.807) is 24.3 Å². The van der Waals surface area contributed by atoms with E-state index in [0.717, 1.165) is 17.0 Å². The lowest BCUT2D eigenvalue weighted by molar-refractivity contribution is 0.0954. The Hall–Kier alpha value is -3.41. The number of anilines is 2. The van der Waals surface area contributed by atoms with Gasteiger partial charge in [-0.3, -0.25) is 4.79 Å². The Morgan fingerprint density at radius 1 is 1.07 bits per heavy atom. The van der Waals surface area contributed by atoms with Crippen molar-refractivity contribution >= 4 is 17.4 Å². The minimum atomic E-state index is -0.268. The van der Waals surface area contributed by atoms with Crippen LogP contribution in [0.2, 0.25) is 0 Å². The second kappa shape index (κ2) is 9.68. The normalized spacial score (nSPS) is 10.6. The van der Waals surface area contributed by atoms with Gasteiger partial charge in [0.1, 0.15) is 17.4 Å². The molecule has 1 aromatic heterocycles. The van der Waals surface area contributed by atoms with Crippen molar-refractivity contribution in [3.8, 4) is 5.75 Å². The van der Waals surface area contributed by atoms with Gasteiger partial charge in [0, 0.05) is 12.7 Å². The van der Waals surface area contributed by atoms with Gasteiger partial charge in [0.05, 0.1) is 17.4 Å². The molecule has 0 radical (unpaired) electrons. The van der Waals surface area contributed by atoms with Crippen LogP contribution in [0.25, 0.3) is 0 Å². The molecular formula is C23H24FN3O2. The van der Waals surface area contributed by atoms with Crippen LogP contribution in [0.4, 0.5) is 15.9 Å². The fourth-order valence-electron chi connectivity index (χ4n) is 2.74. The Balaban J connectivity index is 1.55. The van der Waals surface area contributed by atoms with E-state index in [2.05, 4.69) is 15.6 Å². The molecule has 29 heavy (non-hydrogen) atoms. The van der Waals surface area contributed by atoms with Crippen LogP contribution in [-0.2, 0) is 6.42 Å². The number of ether oxygens (including phenoxy) is 1. The Labute approximate surface area is 169 Å². The van der Waals surface area contributed by atoms with Gasteiger partial charge in [-0.2, -0.15) is 0 Å². The largest absolute Gasteiger partial charge is 0.489 e. The maximum absolute atomic E-state index is 12.9. The summed E-state index contributed by atoms with van der Waals surface area (Å²) in [6.07, 6.45) is 2.22. The highest BCUT2D eigenvalue weighted by Gasteiger charge is 2.08. The highest BCUT2D eigenvalue weighted by molar-refractivity contribution is 5.94. The summed E-state index contributed by atoms with van der Waals surface area (Å²) in [5.74, 6) is 0.894. The lowest BCUT2D eigenvalue weighted by Gasteiger charge is -2.15. The maximum atomic E-state index is 12.9. The van der Waals surface area contributed by atoms with E-state index in [0.29, 0.717) is 24.3 Å². The molecule has 0 aliphatic rings. The summed E-state index contributed by atoms with van der Waals surface area (Å²) in [5.41, 5.74) is 2.25. The maximum Gasteiger partial charge on any atom is 0.252 e. The van der Waals surface area contributed by atoms with E-state index in [-0.39, 0.29) is 17.8 Å². The molecule has 0 saturated heterocycles. The number of carbonyl (C=O) groups is 1. The molecule has 150 valence electrons. The Kier molecular flexibility index (Phi) is 6.79. The quantitative estimate of drug-likeness (QED) is 0.581. The van der Waals surface area contributed by atoms with Crippen LogP contribution in [0.5, 0.6) is 5.75 Å². The Morgan fingerprint density at radius 2 is 1.83 bits per heavy atom. The number of halogens is 1. The van der Waals surface area contributed by atoms with E-state index in [4.69, 9.17) is 4.74 Å². The second-order valence-electron chi connectivity index (χ2n) is 6.85. The lowest BCUT2D eigenvalue weighted by Crippen LogP contribution is -2.25. The summed E-state index contributed by atoms with van der Waals surface area (Å²) in [7, 11) is 0. The lowest BCUT2D eigenvalue weighted by atomic mass is 10.1. The van der Waals surface area contributed by atoms with Crippen molar-refractivity contribution in [3.63, 3.8) is 0 Å². The Morgan fingerprint density at radius 3 is 2.52 bits per heavy atom. The summed E-state index contributed by atoms with van der Waals surface area (Å²) in [5, 5.41) is 6.06. The van der Waals surface area contributed by atoms with Crippen LogP contribution in [0, 0.1) is 5.82 Å². The molecule has 2 aromatic carbocycles. The first kappa shape index (κ1) is 20.3. The molecule has 0 aliphatic carbocycles. The van der Waals surface area contributed by atoms with Crippen molar-refractivity contribution in [2.45, 2.75) is 26.4 Å². The number of nitrogens with one attached hydrogen (secondary N) is 2. The first-order valence-electron chi connectivity index (χ1n) is 9.52. The highest BCUT2D eigenvalue weighted by Crippen LogP contribution is 2.27. The predicted octanol–water partition coefficient (Wildman–Crippen LogP) is 4.72. The number of nitrogens with zero attached hydrogens (tertiary/aromatic N) is 1. The number of amides is 1. The minimum Gasteiger partial charge on any atom is -0.489 e. The molecule has 5 nitrogen and oxygen atoms in total. The summed E-state index contributed by atoms with van der Waals surface area (Å²) in [4.78, 5) is 16.6. The van der Waals surface area contributed by atoms with Gasteiger partial charge in [0.25, 0.3) is 5.91 Å². The summed E-state index contributed by atoms with van der Waals surface area (Å²) >= 11 is 0. The average Bonchev–Trinajstić information content (AvgIpc) is 2.71. The number of rotatable bonds is 8. The number of hydrogen-bond acceptors (Lipinski definition) is 4. The van der Waals surface area contributed by atoms with Crippen molar-refractivity contribution in [2.75, 3.05) is 11.9 Å². The summed E-state index contributed by atoms with van der Waals surface area (Å²) in [6, 6.07) is 17.4. The third kappa shape index (κ3) is 6.04. The van der Waals surface area contributed by atoms with Gasteiger partial charge in [0.15, 0.2) is 0 Å². The fraction of sp³-hybridized carbons (Fsp3) is 0.217. The first-order chi connectivity index (χ1) is 14.0. The molecule has 0 aliphatic heterocycles. The SMILES string of the molecule is CC(C)Oc1ccccc1Nc1ccc(C(=O)NCCc2ccc(F)cc2)cn1. The van der Waals surface area contributed by atoms with Gasteiger partial charge in [-0.25, -0.2) is 9.37 Å². The molecule has 1 amide bonds. The van der Waals surface area contributed by atoms with E-state index in [9.17, 15) is 9.18 Å². The molecule has 6 heteroatoms. The summed E-state index contributed by atoms with van der Waals surface area (Å²) < 4.78 is 18.7. The standard InChI is InChI=1S/C23H24FN3O2/c1-16(2)29-21-6-4-3-5-20(21)27-22-12-9-18(15-26-22)23(28)25-14-13-17-7-10-19(24)11-8-17/h3-12,15-16H,13-14H2,1-2H3,(H,25,28)(H,26,27). The monoisotopic (exact) mass is 393 g/mol. The molecule has 3 aromatic rings. The molecule has 3 rings (SSSR count). The number of para-hydroxylation sites is 2. The molecule has 2 N–H and O–H groups in total. The van der Waals surface area contributed by atoms with Crippen LogP contribution in [0.1, 0.15) is 29.8 Å². The van der Waals surface area contributed by atoms with E-state index >= 15 is 0 Å². The van der Waals surface area contributed by atoms with Crippen molar-refractivity contribution in [1.29, 1.82) is 0 Å². The van der Waals surface area contributed by atoms with Crippen LogP contribution in [0.3, 0.4) is 0 Å². The zero-order valence-corrected chi connectivity index (χ0v) is 16.5. The van der Waals surface area contributed by atoms with Gasteiger partial charge in [-0.15, -0.1) is 0 Å². The molecular weight excluding hydrogens is 369 g/mol. The number of carbonyl (C=O) groups excluding carboxylic acids is 1. The van der Waals surface area contributed by atoms with Crippen LogP contribution >= 0.6 is 0 Å². The van der Waals surface area contributed by atoms with Crippen LogP contribution in [0.15, 0.2) is 66.9 Å². The Bertz CT molecular complexity index is 941. The number of benzene rings is 2. The number of pyridine rings is 1. The van der Waals surface area contributed by atoms with Crippen LogP contribution < -0.4 is 15.4 Å². The first-order valence-corrected chi connectivity index (χ1v) is 9.52. The van der Waals surface area contributed by atoms with Crippen molar-refractivity contribution in [2.24, 2.45) is 0 Å². The van der Waals surface area contributed by atoms with E-state index in [1.165, 1.54) is 18.3 Å². The molecule has 0 saturated carbocycles. The summed E-state index contributed by atoms with van der Waals surface area (Å²) in [6.45, 7) is 4.40. The van der Waals surface area contributed by atoms with Gasteiger partial charge >= 0.3 is 0 Å². The van der Waals surface area contributed by atoms with Crippen molar-refractivity contribution < 1.29 is 13.9 Å². The third-order valence-electron chi connectivity index (χ3n) is 4.15. The zero-order chi connectivity index (χ0) is 20.6. The van der Waals surface area contributed by atoms with E-state index in [1.807, 2.05) is 38.1 Å². The molecule has 0 atom stereocenters. The van der Waals surface area contributed by atoms with Crippen molar-refractivity contribution in [1.82, 2.24) is 10.3 Å². The predicted molar refractivity (Wildman–Crippen MR) is 112 cm³/mol. The molecule has 0 bridgehead atoms. The fourth-order valence-corrected chi connectivity index (χ4v) is 2.74. The zero-order valence-electron chi connectivity index (χ0n) is 16.5. The van der Waals surface area contributed by atoms with Crippen molar-refractivity contribution in [3.05, 3.63) is 83.8 Å². The third-order valence-corrected chi connectivity index (χ3v) is 4.15. The smallest absolute Gasteiger partial charge is 0.252 e. The van der Waals surface area contributed by atoms with E-state index < -0.39 is 0 Å².